The maximum Gasteiger partial charge on any atom is 0.0865 e. The average molecular weight is 242 g/mol. The highest BCUT2D eigenvalue weighted by Crippen LogP contribution is 2.26. The minimum Gasteiger partial charge on any atom is -0.261 e. The molecule has 18 heavy (non-hydrogen) atoms. The Kier molecular flexibility index (Phi) is 3.85. The predicted molar refractivity (Wildman–Crippen MR) is 78.3 cm³/mol. The minimum atomic E-state index is 0.746. The van der Waals surface area contributed by atoms with E-state index in [1.807, 2.05) is 18.0 Å². The van der Waals surface area contributed by atoms with Crippen LogP contribution >= 0.6 is 0 Å². The average Bonchev–Trinajstić information content (AvgIpc) is 2.32. The first-order chi connectivity index (χ1) is 8.56. The van der Waals surface area contributed by atoms with Gasteiger partial charge in [-0.1, -0.05) is 31.7 Å². The molecular formula is C16H22N2. The van der Waals surface area contributed by atoms with E-state index in [4.69, 9.17) is 0 Å². The Balaban J connectivity index is 2.15. The first kappa shape index (κ1) is 12.9. The fraction of sp³-hybridized carbons (Fsp3) is 0.438. The molecule has 2 rings (SSSR count). The van der Waals surface area contributed by atoms with Crippen molar-refractivity contribution in [2.45, 2.75) is 33.1 Å². The van der Waals surface area contributed by atoms with Crippen molar-refractivity contribution >= 4 is 5.71 Å². The zero-order valence-corrected chi connectivity index (χ0v) is 11.4. The molecule has 0 N–H and O–H groups in total. The highest BCUT2D eigenvalue weighted by Gasteiger charge is 2.17. The van der Waals surface area contributed by atoms with E-state index in [2.05, 4.69) is 37.3 Å². The van der Waals surface area contributed by atoms with Crippen molar-refractivity contribution in [2.24, 2.45) is 11.0 Å². The number of rotatable bonds is 3. The molecule has 1 unspecified atom stereocenters. The van der Waals surface area contributed by atoms with Crippen LogP contribution in [-0.2, 0) is 0 Å². The van der Waals surface area contributed by atoms with E-state index in [1.165, 1.54) is 18.4 Å². The summed E-state index contributed by atoms with van der Waals surface area (Å²) < 4.78 is 0. The Morgan fingerprint density at radius 3 is 2.89 bits per heavy atom. The van der Waals surface area contributed by atoms with Gasteiger partial charge in [-0.2, -0.15) is 5.10 Å². The Morgan fingerprint density at radius 1 is 1.50 bits per heavy atom. The van der Waals surface area contributed by atoms with E-state index >= 15 is 0 Å². The monoisotopic (exact) mass is 242 g/mol. The third-order valence-electron chi connectivity index (χ3n) is 3.42. The minimum absolute atomic E-state index is 0.746. The third-order valence-corrected chi connectivity index (χ3v) is 3.42. The predicted octanol–water partition coefficient (Wildman–Crippen LogP) is 4.05. The summed E-state index contributed by atoms with van der Waals surface area (Å²) in [7, 11) is 0. The first-order valence-corrected chi connectivity index (χ1v) is 6.63. The van der Waals surface area contributed by atoms with E-state index in [9.17, 15) is 0 Å². The maximum absolute atomic E-state index is 4.69. The van der Waals surface area contributed by atoms with Crippen molar-refractivity contribution in [1.29, 1.82) is 0 Å². The van der Waals surface area contributed by atoms with Crippen molar-refractivity contribution in [3.05, 3.63) is 48.2 Å². The molecule has 0 fully saturated rings. The molecule has 0 aromatic rings. The summed E-state index contributed by atoms with van der Waals surface area (Å²) in [5.74, 6) is 0.809. The van der Waals surface area contributed by atoms with Crippen LogP contribution in [0.3, 0.4) is 0 Å². The molecule has 0 radical (unpaired) electrons. The summed E-state index contributed by atoms with van der Waals surface area (Å²) in [4.78, 5) is 0. The van der Waals surface area contributed by atoms with Crippen molar-refractivity contribution in [2.75, 3.05) is 6.54 Å². The van der Waals surface area contributed by atoms with Gasteiger partial charge in [-0.05, 0) is 49.8 Å². The van der Waals surface area contributed by atoms with Gasteiger partial charge in [0, 0.05) is 0 Å². The van der Waals surface area contributed by atoms with Gasteiger partial charge in [0.25, 0.3) is 0 Å². The second-order valence-corrected chi connectivity index (χ2v) is 5.43. The van der Waals surface area contributed by atoms with Crippen LogP contribution in [-0.4, -0.2) is 17.3 Å². The number of nitrogens with zero attached hydrogens (tertiary/aromatic N) is 2. The molecule has 2 aliphatic rings. The lowest BCUT2D eigenvalue weighted by molar-refractivity contribution is 0.406. The van der Waals surface area contributed by atoms with Crippen LogP contribution in [0, 0.1) is 5.92 Å². The van der Waals surface area contributed by atoms with E-state index < -0.39 is 0 Å². The Hall–Kier alpha value is -1.57. The summed E-state index contributed by atoms with van der Waals surface area (Å²) in [5, 5.41) is 6.63. The summed E-state index contributed by atoms with van der Waals surface area (Å²) in [5.41, 5.74) is 4.51. The van der Waals surface area contributed by atoms with Gasteiger partial charge in [-0.3, -0.25) is 5.01 Å². The largest absolute Gasteiger partial charge is 0.261 e. The van der Waals surface area contributed by atoms with Gasteiger partial charge in [0.15, 0.2) is 0 Å². The molecule has 1 aliphatic carbocycles. The first-order valence-electron chi connectivity index (χ1n) is 6.63. The second kappa shape index (κ2) is 5.38. The molecule has 0 aromatic carbocycles. The standard InChI is InChI=1S/C16H22N2/c1-12(2)11-18-14(4)7-10-16(17-18)15-8-5-13(3)6-9-15/h7-8,10,13H,1,4-6,9,11H2,2-3H3. The zero-order valence-electron chi connectivity index (χ0n) is 11.4. The fourth-order valence-electron chi connectivity index (χ4n) is 2.25. The van der Waals surface area contributed by atoms with Crippen LogP contribution in [0.1, 0.15) is 33.1 Å². The molecule has 0 aromatic heterocycles. The highest BCUT2D eigenvalue weighted by atomic mass is 15.5. The molecule has 0 spiro atoms. The van der Waals surface area contributed by atoms with Crippen LogP contribution in [0.5, 0.6) is 0 Å². The van der Waals surface area contributed by atoms with Crippen LogP contribution in [0.25, 0.3) is 0 Å². The normalized spacial score (nSPS) is 23.8. The Morgan fingerprint density at radius 2 is 2.28 bits per heavy atom. The summed E-state index contributed by atoms with van der Waals surface area (Å²) in [6.45, 7) is 13.0. The summed E-state index contributed by atoms with van der Waals surface area (Å²) in [6, 6.07) is 0. The van der Waals surface area contributed by atoms with Crippen LogP contribution < -0.4 is 0 Å². The van der Waals surface area contributed by atoms with Gasteiger partial charge >= 0.3 is 0 Å². The van der Waals surface area contributed by atoms with Gasteiger partial charge in [0.1, 0.15) is 0 Å². The topological polar surface area (TPSA) is 15.6 Å². The fourth-order valence-corrected chi connectivity index (χ4v) is 2.25. The molecule has 2 nitrogen and oxygen atoms in total. The molecule has 1 heterocycles. The Labute approximate surface area is 110 Å². The van der Waals surface area contributed by atoms with Crippen molar-refractivity contribution in [1.82, 2.24) is 5.01 Å². The van der Waals surface area contributed by atoms with Crippen LogP contribution in [0.2, 0.25) is 0 Å². The number of allylic oxidation sites excluding steroid dienone is 4. The maximum atomic E-state index is 4.69. The van der Waals surface area contributed by atoms with Gasteiger partial charge < -0.3 is 0 Å². The molecule has 0 amide bonds. The third kappa shape index (κ3) is 3.00. The lowest BCUT2D eigenvalue weighted by Gasteiger charge is -2.26. The van der Waals surface area contributed by atoms with E-state index in [0.717, 1.165) is 35.9 Å². The molecule has 1 atom stereocenters. The van der Waals surface area contributed by atoms with Gasteiger partial charge in [-0.15, -0.1) is 0 Å². The van der Waals surface area contributed by atoms with Gasteiger partial charge in [-0.25, -0.2) is 0 Å². The van der Waals surface area contributed by atoms with Crippen LogP contribution in [0.4, 0.5) is 0 Å². The SMILES string of the molecule is C=C(C)CN1N=C(C2=CCC(C)CC2)C=CC1=C. The molecule has 0 saturated carbocycles. The molecule has 0 bridgehead atoms. The smallest absolute Gasteiger partial charge is 0.0865 e. The van der Waals surface area contributed by atoms with E-state index in [0.29, 0.717) is 0 Å². The summed E-state index contributed by atoms with van der Waals surface area (Å²) in [6.07, 6.45) is 10.0. The van der Waals surface area contributed by atoms with Crippen molar-refractivity contribution in [3.8, 4) is 0 Å². The molecule has 96 valence electrons. The Bertz CT molecular complexity index is 452. The van der Waals surface area contributed by atoms with Crippen molar-refractivity contribution in [3.63, 3.8) is 0 Å². The highest BCUT2D eigenvalue weighted by molar-refractivity contribution is 6.09. The quantitative estimate of drug-likeness (QED) is 0.682. The van der Waals surface area contributed by atoms with Crippen molar-refractivity contribution < 1.29 is 0 Å². The number of hydrogen-bond acceptors (Lipinski definition) is 2. The second-order valence-electron chi connectivity index (χ2n) is 5.43. The number of hydrogen-bond donors (Lipinski definition) is 0. The van der Waals surface area contributed by atoms with Gasteiger partial charge in [0.05, 0.1) is 18.0 Å². The number of hydrazone groups is 1. The summed E-state index contributed by atoms with van der Waals surface area (Å²) >= 11 is 0. The van der Waals surface area contributed by atoms with Gasteiger partial charge in [0.2, 0.25) is 0 Å². The van der Waals surface area contributed by atoms with E-state index in [-0.39, 0.29) is 0 Å². The lowest BCUT2D eigenvalue weighted by Crippen LogP contribution is -2.23. The van der Waals surface area contributed by atoms with E-state index in [1.54, 1.807) is 0 Å². The molecule has 0 saturated heterocycles. The lowest BCUT2D eigenvalue weighted by atomic mass is 9.88. The molecular weight excluding hydrogens is 220 g/mol. The molecule has 1 aliphatic heterocycles. The molecule has 2 heteroatoms. The van der Waals surface area contributed by atoms with Crippen LogP contribution in [0.15, 0.2) is 53.3 Å². The zero-order chi connectivity index (χ0) is 13.1.